The third kappa shape index (κ3) is 5.98. The fraction of sp³-hybridized carbons (Fsp3) is 0.375. The van der Waals surface area contributed by atoms with Gasteiger partial charge in [0.1, 0.15) is 17.7 Å². The molecular weight excluding hydrogens is 297 g/mol. The molecule has 6 nitrogen and oxygen atoms in total. The van der Waals surface area contributed by atoms with Crippen LogP contribution in [0.15, 0.2) is 48.0 Å². The van der Waals surface area contributed by atoms with Crippen molar-refractivity contribution in [3.05, 3.63) is 48.8 Å². The zero-order valence-electron chi connectivity index (χ0n) is 13.4. The van der Waals surface area contributed by atoms with E-state index < -0.39 is 0 Å². The molecule has 2 N–H and O–H groups in total. The normalized spacial score (nSPS) is 12.7. The quantitative estimate of drug-likeness (QED) is 0.602. The highest BCUT2D eigenvalue weighted by Gasteiger charge is 2.06. The lowest BCUT2D eigenvalue weighted by molar-refractivity contribution is 0.223. The molecular formula is C16H22FN5O. The second-order valence-corrected chi connectivity index (χ2v) is 5.07. The lowest BCUT2D eigenvalue weighted by Gasteiger charge is -2.17. The van der Waals surface area contributed by atoms with Crippen LogP contribution < -0.4 is 15.4 Å². The van der Waals surface area contributed by atoms with Gasteiger partial charge in [-0.25, -0.2) is 9.37 Å². The molecule has 0 aliphatic rings. The van der Waals surface area contributed by atoms with Gasteiger partial charge in [-0.3, -0.25) is 4.99 Å². The maximum Gasteiger partial charge on any atom is 0.191 e. The van der Waals surface area contributed by atoms with Crippen LogP contribution >= 0.6 is 0 Å². The van der Waals surface area contributed by atoms with Crippen LogP contribution in [0.25, 0.3) is 0 Å². The summed E-state index contributed by atoms with van der Waals surface area (Å²) < 4.78 is 20.7. The van der Waals surface area contributed by atoms with Crippen molar-refractivity contribution in [3.63, 3.8) is 0 Å². The van der Waals surface area contributed by atoms with Crippen LogP contribution in [0.5, 0.6) is 5.75 Å². The summed E-state index contributed by atoms with van der Waals surface area (Å²) in [6.07, 6.45) is 5.31. The van der Waals surface area contributed by atoms with Gasteiger partial charge in [0.2, 0.25) is 0 Å². The summed E-state index contributed by atoms with van der Waals surface area (Å²) in [4.78, 5) is 8.15. The summed E-state index contributed by atoms with van der Waals surface area (Å²) in [5.74, 6) is 0.904. The second-order valence-electron chi connectivity index (χ2n) is 5.07. The summed E-state index contributed by atoms with van der Waals surface area (Å²) in [6.45, 7) is 4.00. The van der Waals surface area contributed by atoms with E-state index in [9.17, 15) is 4.39 Å². The predicted molar refractivity (Wildman–Crippen MR) is 88.1 cm³/mol. The summed E-state index contributed by atoms with van der Waals surface area (Å²) in [5, 5.41) is 6.39. The molecule has 0 saturated heterocycles. The number of halogens is 1. The third-order valence-corrected chi connectivity index (χ3v) is 3.14. The van der Waals surface area contributed by atoms with E-state index in [0.29, 0.717) is 18.3 Å². The van der Waals surface area contributed by atoms with E-state index in [1.165, 1.54) is 12.1 Å². The monoisotopic (exact) mass is 319 g/mol. The summed E-state index contributed by atoms with van der Waals surface area (Å²) in [5.41, 5.74) is 0. The summed E-state index contributed by atoms with van der Waals surface area (Å²) >= 11 is 0. The molecule has 124 valence electrons. The molecule has 0 bridgehead atoms. The highest BCUT2D eigenvalue weighted by molar-refractivity contribution is 5.79. The molecule has 0 radical (unpaired) electrons. The zero-order valence-corrected chi connectivity index (χ0v) is 13.4. The number of aromatic nitrogens is 2. The maximum atomic E-state index is 13.1. The minimum absolute atomic E-state index is 0.121. The Bertz CT molecular complexity index is 615. The molecule has 0 aliphatic heterocycles. The van der Waals surface area contributed by atoms with E-state index in [2.05, 4.69) is 20.6 Å². The van der Waals surface area contributed by atoms with Crippen molar-refractivity contribution in [1.29, 1.82) is 0 Å². The first-order valence-corrected chi connectivity index (χ1v) is 7.50. The molecule has 0 fully saturated rings. The average molecular weight is 319 g/mol. The molecule has 0 spiro atoms. The molecule has 2 aromatic rings. The number of guanidine groups is 1. The van der Waals surface area contributed by atoms with Gasteiger partial charge in [-0.15, -0.1) is 0 Å². The van der Waals surface area contributed by atoms with Crippen LogP contribution in [0.3, 0.4) is 0 Å². The summed E-state index contributed by atoms with van der Waals surface area (Å²) in [6, 6.07) is 6.12. The number of ether oxygens (including phenoxy) is 1. The Hall–Kier alpha value is -2.57. The molecule has 0 aliphatic carbocycles. The van der Waals surface area contributed by atoms with Gasteiger partial charge in [0, 0.05) is 38.6 Å². The van der Waals surface area contributed by atoms with E-state index in [0.717, 1.165) is 13.1 Å². The first kappa shape index (κ1) is 16.8. The number of rotatable bonds is 7. The van der Waals surface area contributed by atoms with Crippen LogP contribution in [0.2, 0.25) is 0 Å². The van der Waals surface area contributed by atoms with Gasteiger partial charge in [0.05, 0.1) is 12.9 Å². The van der Waals surface area contributed by atoms with E-state index in [1.807, 2.05) is 17.7 Å². The standard InChI is InChI=1S/C16H22FN5O/c1-13(23-15-5-3-4-14(17)10-15)11-21-16(18-2)20-7-9-22-8-6-19-12-22/h3-6,8,10,12-13H,7,9,11H2,1-2H3,(H2,18,20,21). The van der Waals surface area contributed by atoms with Crippen molar-refractivity contribution in [2.75, 3.05) is 20.1 Å². The van der Waals surface area contributed by atoms with Crippen LogP contribution in [-0.2, 0) is 6.54 Å². The fourth-order valence-electron chi connectivity index (χ4n) is 2.00. The van der Waals surface area contributed by atoms with Crippen molar-refractivity contribution in [3.8, 4) is 5.75 Å². The molecule has 0 saturated carbocycles. The molecule has 1 aromatic carbocycles. The number of hydrogen-bond acceptors (Lipinski definition) is 3. The van der Waals surface area contributed by atoms with Gasteiger partial charge in [-0.2, -0.15) is 0 Å². The number of nitrogens with one attached hydrogen (secondary N) is 2. The van der Waals surface area contributed by atoms with Crippen molar-refractivity contribution < 1.29 is 9.13 Å². The Balaban J connectivity index is 1.70. The van der Waals surface area contributed by atoms with E-state index in [1.54, 1.807) is 31.7 Å². The first-order chi connectivity index (χ1) is 11.2. The van der Waals surface area contributed by atoms with Crippen LogP contribution in [0.1, 0.15) is 6.92 Å². The van der Waals surface area contributed by atoms with Crippen LogP contribution in [0, 0.1) is 5.82 Å². The SMILES string of the molecule is CN=C(NCCn1ccnc1)NCC(C)Oc1cccc(F)c1. The number of benzene rings is 1. The van der Waals surface area contributed by atoms with Crippen molar-refractivity contribution >= 4 is 5.96 Å². The van der Waals surface area contributed by atoms with Gasteiger partial charge < -0.3 is 19.9 Å². The average Bonchev–Trinajstić information content (AvgIpc) is 3.04. The Kier molecular flexibility index (Phi) is 6.40. The van der Waals surface area contributed by atoms with Crippen molar-refractivity contribution in [2.24, 2.45) is 4.99 Å². The molecule has 1 unspecified atom stereocenters. The topological polar surface area (TPSA) is 63.5 Å². The van der Waals surface area contributed by atoms with Gasteiger partial charge in [0.25, 0.3) is 0 Å². The minimum atomic E-state index is -0.306. The number of aliphatic imine (C=N–C) groups is 1. The Labute approximate surface area is 135 Å². The molecule has 1 heterocycles. The molecule has 7 heteroatoms. The van der Waals surface area contributed by atoms with Crippen molar-refractivity contribution in [1.82, 2.24) is 20.2 Å². The lowest BCUT2D eigenvalue weighted by atomic mass is 10.3. The second kappa shape index (κ2) is 8.77. The van der Waals surface area contributed by atoms with Gasteiger partial charge in [-0.05, 0) is 19.1 Å². The van der Waals surface area contributed by atoms with E-state index in [-0.39, 0.29) is 11.9 Å². The Morgan fingerprint density at radius 3 is 3.00 bits per heavy atom. The maximum absolute atomic E-state index is 13.1. The van der Waals surface area contributed by atoms with Crippen molar-refractivity contribution in [2.45, 2.75) is 19.6 Å². The molecule has 2 rings (SSSR count). The molecule has 1 aromatic heterocycles. The van der Waals surface area contributed by atoms with E-state index in [4.69, 9.17) is 4.74 Å². The number of hydrogen-bond donors (Lipinski definition) is 2. The lowest BCUT2D eigenvalue weighted by Crippen LogP contribution is -2.42. The minimum Gasteiger partial charge on any atom is -0.489 e. The third-order valence-electron chi connectivity index (χ3n) is 3.14. The van der Waals surface area contributed by atoms with Gasteiger partial charge in [0.15, 0.2) is 5.96 Å². The Morgan fingerprint density at radius 1 is 1.43 bits per heavy atom. The highest BCUT2D eigenvalue weighted by atomic mass is 19.1. The predicted octanol–water partition coefficient (Wildman–Crippen LogP) is 1.65. The molecule has 1 atom stereocenters. The highest BCUT2D eigenvalue weighted by Crippen LogP contribution is 2.13. The number of imidazole rings is 1. The molecule has 23 heavy (non-hydrogen) atoms. The van der Waals surface area contributed by atoms with Crippen LogP contribution in [-0.4, -0.2) is 41.8 Å². The summed E-state index contributed by atoms with van der Waals surface area (Å²) in [7, 11) is 1.71. The fourth-order valence-corrected chi connectivity index (χ4v) is 2.00. The largest absolute Gasteiger partial charge is 0.489 e. The van der Waals surface area contributed by atoms with E-state index >= 15 is 0 Å². The van der Waals surface area contributed by atoms with Crippen LogP contribution in [0.4, 0.5) is 4.39 Å². The first-order valence-electron chi connectivity index (χ1n) is 7.50. The van der Waals surface area contributed by atoms with Gasteiger partial charge in [-0.1, -0.05) is 6.07 Å². The number of nitrogens with zero attached hydrogens (tertiary/aromatic N) is 3. The molecule has 0 amide bonds. The zero-order chi connectivity index (χ0) is 16.5. The Morgan fingerprint density at radius 2 is 2.30 bits per heavy atom. The smallest absolute Gasteiger partial charge is 0.191 e. The van der Waals surface area contributed by atoms with Gasteiger partial charge >= 0.3 is 0 Å².